The molecule has 2 nitrogen and oxygen atoms in total. The van der Waals surface area contributed by atoms with Crippen LogP contribution in [0, 0.1) is 5.92 Å². The van der Waals surface area contributed by atoms with E-state index < -0.39 is 0 Å². The van der Waals surface area contributed by atoms with Crippen LogP contribution in [-0.4, -0.2) is 25.3 Å². The highest BCUT2D eigenvalue weighted by atomic mass is 16.5. The average molecular weight is 197 g/mol. The van der Waals surface area contributed by atoms with E-state index in [9.17, 15) is 0 Å². The van der Waals surface area contributed by atoms with Crippen molar-refractivity contribution in [1.29, 1.82) is 0 Å². The molecule has 0 bridgehead atoms. The van der Waals surface area contributed by atoms with Crippen LogP contribution >= 0.6 is 0 Å². The molecule has 1 aliphatic carbocycles. The molecule has 1 atom stereocenters. The molecule has 0 amide bonds. The molecule has 1 heterocycles. The molecule has 0 aromatic carbocycles. The van der Waals surface area contributed by atoms with Crippen molar-refractivity contribution in [3.8, 4) is 0 Å². The van der Waals surface area contributed by atoms with Crippen LogP contribution in [0.2, 0.25) is 0 Å². The molecule has 1 unspecified atom stereocenters. The Labute approximate surface area is 87.4 Å². The molecule has 1 saturated heterocycles. The van der Waals surface area contributed by atoms with Gasteiger partial charge in [-0.05, 0) is 38.0 Å². The third kappa shape index (κ3) is 2.71. The topological polar surface area (TPSA) is 21.3 Å². The Balaban J connectivity index is 1.67. The molecule has 2 heteroatoms. The van der Waals surface area contributed by atoms with Crippen LogP contribution in [0.1, 0.15) is 45.4 Å². The largest absolute Gasteiger partial charge is 0.380 e. The Kier molecular flexibility index (Phi) is 3.82. The van der Waals surface area contributed by atoms with Crippen LogP contribution in [0.5, 0.6) is 0 Å². The molecule has 0 aromatic rings. The Bertz CT molecular complexity index is 158. The molecule has 0 spiro atoms. The molecule has 14 heavy (non-hydrogen) atoms. The van der Waals surface area contributed by atoms with Gasteiger partial charge >= 0.3 is 0 Å². The summed E-state index contributed by atoms with van der Waals surface area (Å²) < 4.78 is 5.38. The maximum atomic E-state index is 5.38. The van der Waals surface area contributed by atoms with Crippen LogP contribution in [0.15, 0.2) is 0 Å². The molecular weight excluding hydrogens is 174 g/mol. The number of rotatable bonds is 3. The molecule has 0 aromatic heterocycles. The summed E-state index contributed by atoms with van der Waals surface area (Å²) in [5.41, 5.74) is 0. The van der Waals surface area contributed by atoms with E-state index in [4.69, 9.17) is 4.74 Å². The fourth-order valence-electron chi connectivity index (χ4n) is 2.74. The molecule has 82 valence electrons. The minimum absolute atomic E-state index is 0.651. The van der Waals surface area contributed by atoms with Crippen molar-refractivity contribution < 1.29 is 4.74 Å². The van der Waals surface area contributed by atoms with Gasteiger partial charge in [-0.2, -0.15) is 0 Å². The SMILES string of the molecule is CCC1CCC(NC2CCOC2)CC1. The van der Waals surface area contributed by atoms with Crippen molar-refractivity contribution >= 4 is 0 Å². The number of hydrogen-bond acceptors (Lipinski definition) is 2. The highest BCUT2D eigenvalue weighted by Crippen LogP contribution is 2.27. The first-order chi connectivity index (χ1) is 6.88. The number of ether oxygens (including phenoxy) is 1. The Morgan fingerprint density at radius 3 is 2.43 bits per heavy atom. The summed E-state index contributed by atoms with van der Waals surface area (Å²) in [7, 11) is 0. The van der Waals surface area contributed by atoms with Crippen LogP contribution in [0.3, 0.4) is 0 Å². The average Bonchev–Trinajstić information content (AvgIpc) is 2.72. The van der Waals surface area contributed by atoms with Gasteiger partial charge in [0.05, 0.1) is 6.61 Å². The van der Waals surface area contributed by atoms with E-state index in [1.54, 1.807) is 0 Å². The van der Waals surface area contributed by atoms with Crippen molar-refractivity contribution in [3.05, 3.63) is 0 Å². The van der Waals surface area contributed by atoms with Crippen molar-refractivity contribution in [2.75, 3.05) is 13.2 Å². The summed E-state index contributed by atoms with van der Waals surface area (Å²) in [5, 5.41) is 3.74. The van der Waals surface area contributed by atoms with Gasteiger partial charge in [-0.25, -0.2) is 0 Å². The van der Waals surface area contributed by atoms with Gasteiger partial charge in [-0.3, -0.25) is 0 Å². The lowest BCUT2D eigenvalue weighted by Crippen LogP contribution is -2.40. The smallest absolute Gasteiger partial charge is 0.0620 e. The van der Waals surface area contributed by atoms with Gasteiger partial charge in [0.25, 0.3) is 0 Å². The normalized spacial score (nSPS) is 38.8. The summed E-state index contributed by atoms with van der Waals surface area (Å²) in [6.07, 6.45) is 8.22. The minimum Gasteiger partial charge on any atom is -0.380 e. The van der Waals surface area contributed by atoms with Gasteiger partial charge in [0.15, 0.2) is 0 Å². The van der Waals surface area contributed by atoms with Crippen LogP contribution in [0.25, 0.3) is 0 Å². The highest BCUT2D eigenvalue weighted by molar-refractivity contribution is 4.81. The molecule has 1 aliphatic heterocycles. The van der Waals surface area contributed by atoms with Crippen LogP contribution in [-0.2, 0) is 4.74 Å². The van der Waals surface area contributed by atoms with Gasteiger partial charge < -0.3 is 10.1 Å². The molecule has 1 N–H and O–H groups in total. The van der Waals surface area contributed by atoms with E-state index in [2.05, 4.69) is 12.2 Å². The summed E-state index contributed by atoms with van der Waals surface area (Å²) in [6.45, 7) is 4.22. The summed E-state index contributed by atoms with van der Waals surface area (Å²) in [6, 6.07) is 1.43. The van der Waals surface area contributed by atoms with E-state index in [1.807, 2.05) is 0 Å². The third-order valence-electron chi connectivity index (χ3n) is 3.83. The molecule has 0 radical (unpaired) electrons. The molecular formula is C12H23NO. The quantitative estimate of drug-likeness (QED) is 0.750. The first kappa shape index (κ1) is 10.4. The van der Waals surface area contributed by atoms with Crippen molar-refractivity contribution in [2.24, 2.45) is 5.92 Å². The molecule has 2 fully saturated rings. The monoisotopic (exact) mass is 197 g/mol. The lowest BCUT2D eigenvalue weighted by atomic mass is 9.84. The van der Waals surface area contributed by atoms with E-state index in [0.29, 0.717) is 6.04 Å². The first-order valence-electron chi connectivity index (χ1n) is 6.22. The molecule has 2 aliphatic rings. The van der Waals surface area contributed by atoms with Gasteiger partial charge in [0, 0.05) is 18.7 Å². The lowest BCUT2D eigenvalue weighted by Gasteiger charge is -2.30. The fraction of sp³-hybridized carbons (Fsp3) is 1.00. The predicted molar refractivity (Wildman–Crippen MR) is 58.4 cm³/mol. The predicted octanol–water partition coefficient (Wildman–Crippen LogP) is 2.33. The first-order valence-corrected chi connectivity index (χ1v) is 6.22. The van der Waals surface area contributed by atoms with E-state index in [-0.39, 0.29) is 0 Å². The van der Waals surface area contributed by atoms with Crippen molar-refractivity contribution in [2.45, 2.75) is 57.5 Å². The van der Waals surface area contributed by atoms with E-state index >= 15 is 0 Å². The second-order valence-corrected chi connectivity index (χ2v) is 4.85. The van der Waals surface area contributed by atoms with Gasteiger partial charge in [-0.15, -0.1) is 0 Å². The Morgan fingerprint density at radius 1 is 1.07 bits per heavy atom. The summed E-state index contributed by atoms with van der Waals surface area (Å²) >= 11 is 0. The Hall–Kier alpha value is -0.0800. The van der Waals surface area contributed by atoms with Gasteiger partial charge in [0.1, 0.15) is 0 Å². The van der Waals surface area contributed by atoms with Crippen LogP contribution in [0.4, 0.5) is 0 Å². The fourth-order valence-corrected chi connectivity index (χ4v) is 2.74. The maximum Gasteiger partial charge on any atom is 0.0620 e. The zero-order valence-corrected chi connectivity index (χ0v) is 9.30. The zero-order valence-electron chi connectivity index (χ0n) is 9.30. The number of hydrogen-bond donors (Lipinski definition) is 1. The van der Waals surface area contributed by atoms with Gasteiger partial charge in [-0.1, -0.05) is 13.3 Å². The minimum atomic E-state index is 0.651. The van der Waals surface area contributed by atoms with Crippen molar-refractivity contribution in [3.63, 3.8) is 0 Å². The van der Waals surface area contributed by atoms with E-state index in [1.165, 1.54) is 38.5 Å². The zero-order chi connectivity index (χ0) is 9.80. The second-order valence-electron chi connectivity index (χ2n) is 4.85. The summed E-state index contributed by atoms with van der Waals surface area (Å²) in [4.78, 5) is 0. The summed E-state index contributed by atoms with van der Waals surface area (Å²) in [5.74, 6) is 1.01. The highest BCUT2D eigenvalue weighted by Gasteiger charge is 2.23. The lowest BCUT2D eigenvalue weighted by molar-refractivity contribution is 0.183. The second kappa shape index (κ2) is 5.13. The standard InChI is InChI=1S/C12H23NO/c1-2-10-3-5-11(6-4-10)13-12-7-8-14-9-12/h10-13H,2-9H2,1H3. The third-order valence-corrected chi connectivity index (χ3v) is 3.83. The maximum absolute atomic E-state index is 5.38. The molecule has 2 rings (SSSR count). The number of nitrogens with one attached hydrogen (secondary N) is 1. The molecule has 1 saturated carbocycles. The van der Waals surface area contributed by atoms with Crippen LogP contribution < -0.4 is 5.32 Å². The van der Waals surface area contributed by atoms with E-state index in [0.717, 1.165) is 25.2 Å². The van der Waals surface area contributed by atoms with Crippen molar-refractivity contribution in [1.82, 2.24) is 5.32 Å². The van der Waals surface area contributed by atoms with Gasteiger partial charge in [0.2, 0.25) is 0 Å². The Morgan fingerprint density at radius 2 is 1.86 bits per heavy atom.